The minimum Gasteiger partial charge on any atom is -0.332 e. The van der Waals surface area contributed by atoms with Crippen LogP contribution in [0.2, 0.25) is 0 Å². The van der Waals surface area contributed by atoms with Gasteiger partial charge in [0.25, 0.3) is 11.5 Å². The zero-order chi connectivity index (χ0) is 20.8. The molecule has 0 radical (unpaired) electrons. The number of fused-ring (bicyclic) bond motifs is 4. The summed E-state index contributed by atoms with van der Waals surface area (Å²) in [5.41, 5.74) is 1.51. The average Bonchev–Trinajstić information content (AvgIpc) is 2.66. The molecular weight excluding hydrogens is 501 g/mol. The second-order valence-corrected chi connectivity index (χ2v) is 10.9. The van der Waals surface area contributed by atoms with E-state index in [1.54, 1.807) is 36.4 Å². The van der Waals surface area contributed by atoms with Gasteiger partial charge >= 0.3 is 0 Å². The molecule has 0 aliphatic carbocycles. The number of alkyl halides is 3. The molecule has 29 heavy (non-hydrogen) atoms. The van der Waals surface area contributed by atoms with E-state index in [9.17, 15) is 9.59 Å². The molecule has 1 fully saturated rings. The lowest BCUT2D eigenvalue weighted by atomic mass is 9.83. The molecule has 1 N–H and O–H groups in total. The molecule has 1 aromatic heterocycles. The normalized spacial score (nSPS) is 22.6. The van der Waals surface area contributed by atoms with Crippen LogP contribution in [-0.2, 0) is 6.54 Å². The van der Waals surface area contributed by atoms with E-state index in [2.05, 4.69) is 21.2 Å². The molecule has 1 aromatic carbocycles. The Morgan fingerprint density at radius 3 is 2.52 bits per heavy atom. The van der Waals surface area contributed by atoms with E-state index >= 15 is 0 Å². The number of nitrogens with zero attached hydrogens (tertiary/aromatic N) is 2. The van der Waals surface area contributed by atoms with Crippen LogP contribution in [0.4, 0.5) is 0 Å². The van der Waals surface area contributed by atoms with Crippen molar-refractivity contribution in [1.29, 1.82) is 0 Å². The molecule has 2 aliphatic rings. The van der Waals surface area contributed by atoms with E-state index in [1.165, 1.54) is 0 Å². The summed E-state index contributed by atoms with van der Waals surface area (Å²) >= 11 is 22.2. The number of nitrogens with one attached hydrogen (secondary N) is 1. The van der Waals surface area contributed by atoms with E-state index in [0.717, 1.165) is 16.6 Å². The van der Waals surface area contributed by atoms with Gasteiger partial charge in [0.1, 0.15) is 6.17 Å². The van der Waals surface area contributed by atoms with Gasteiger partial charge in [-0.2, -0.15) is 0 Å². The molecule has 0 saturated carbocycles. The zero-order valence-electron chi connectivity index (χ0n) is 15.3. The Morgan fingerprint density at radius 1 is 1.10 bits per heavy atom. The third-order valence-electron chi connectivity index (χ3n) is 5.56. The van der Waals surface area contributed by atoms with Crippen molar-refractivity contribution in [2.75, 3.05) is 13.1 Å². The highest BCUT2D eigenvalue weighted by Crippen LogP contribution is 2.40. The topological polar surface area (TPSA) is 54.3 Å². The van der Waals surface area contributed by atoms with Gasteiger partial charge in [-0.25, -0.2) is 0 Å². The molecule has 4 rings (SSSR count). The molecule has 1 saturated heterocycles. The van der Waals surface area contributed by atoms with Crippen molar-refractivity contribution in [3.05, 3.63) is 68.5 Å². The van der Waals surface area contributed by atoms with Crippen LogP contribution in [0.15, 0.2) is 51.7 Å². The van der Waals surface area contributed by atoms with Gasteiger partial charge in [-0.1, -0.05) is 56.8 Å². The summed E-state index contributed by atoms with van der Waals surface area (Å²) in [5, 5.41) is 2.89. The Bertz CT molecular complexity index is 974. The van der Waals surface area contributed by atoms with E-state index in [1.807, 2.05) is 15.5 Å². The Balaban J connectivity index is 1.58. The highest BCUT2D eigenvalue weighted by molar-refractivity contribution is 9.10. The first-order valence-electron chi connectivity index (χ1n) is 9.29. The van der Waals surface area contributed by atoms with E-state index in [0.29, 0.717) is 25.2 Å². The van der Waals surface area contributed by atoms with Crippen molar-refractivity contribution in [3.63, 3.8) is 0 Å². The van der Waals surface area contributed by atoms with Crippen LogP contribution in [0.25, 0.3) is 0 Å². The van der Waals surface area contributed by atoms with Gasteiger partial charge in [-0.15, -0.1) is 0 Å². The van der Waals surface area contributed by atoms with Gasteiger partial charge in [0, 0.05) is 47.3 Å². The highest BCUT2D eigenvalue weighted by atomic mass is 79.9. The number of amides is 1. The van der Waals surface area contributed by atoms with Crippen LogP contribution in [-0.4, -0.2) is 38.4 Å². The monoisotopic (exact) mass is 517 g/mol. The number of likely N-dealkylation sites (tertiary alicyclic amines) is 1. The number of rotatable bonds is 3. The number of hydrogen-bond acceptors (Lipinski definition) is 3. The summed E-state index contributed by atoms with van der Waals surface area (Å²) in [6.45, 7) is 1.87. The van der Waals surface area contributed by atoms with Crippen LogP contribution < -0.4 is 10.9 Å². The number of aromatic nitrogens is 1. The van der Waals surface area contributed by atoms with Crippen LogP contribution in [0.3, 0.4) is 0 Å². The Labute approximate surface area is 192 Å². The van der Waals surface area contributed by atoms with Crippen molar-refractivity contribution in [1.82, 2.24) is 14.8 Å². The first-order chi connectivity index (χ1) is 13.7. The Hall–Kier alpha value is -1.05. The zero-order valence-corrected chi connectivity index (χ0v) is 19.2. The van der Waals surface area contributed by atoms with Crippen molar-refractivity contribution in [2.24, 2.45) is 5.92 Å². The standard InChI is InChI=1S/C20H19BrCl3N3O2/c21-15-6-4-13(5-7-15)18(29)25-19(20(22,23)24)26-9-12-8-14(11-26)16-2-1-3-17(28)27(16)10-12/h1-7,12,14,19H,8-11H2,(H,25,29)/t12-,14+,19+/m0/s1. The van der Waals surface area contributed by atoms with Crippen molar-refractivity contribution < 1.29 is 4.79 Å². The molecule has 1 amide bonds. The summed E-state index contributed by atoms with van der Waals surface area (Å²) in [6.07, 6.45) is 0.198. The number of carbonyl (C=O) groups is 1. The molecule has 0 unspecified atom stereocenters. The fourth-order valence-electron chi connectivity index (χ4n) is 4.33. The SMILES string of the molecule is O=C(N[C@H](N1C[C@@H]2C[C@H](C1)c1cccc(=O)n1C2)C(Cl)(Cl)Cl)c1ccc(Br)cc1. The fraction of sp³-hybridized carbons (Fsp3) is 0.400. The molecule has 0 spiro atoms. The van der Waals surface area contributed by atoms with Gasteiger partial charge in [0.05, 0.1) is 0 Å². The maximum absolute atomic E-state index is 12.8. The first-order valence-corrected chi connectivity index (χ1v) is 11.2. The largest absolute Gasteiger partial charge is 0.332 e. The molecule has 9 heteroatoms. The predicted octanol–water partition coefficient (Wildman–Crippen LogP) is 4.16. The summed E-state index contributed by atoms with van der Waals surface area (Å²) in [5.74, 6) is 0.0952. The molecule has 2 aromatic rings. The molecule has 3 atom stereocenters. The minimum absolute atomic E-state index is 0.0205. The third kappa shape index (κ3) is 4.52. The molecule has 2 aliphatic heterocycles. The smallest absolute Gasteiger partial charge is 0.252 e. The summed E-state index contributed by atoms with van der Waals surface area (Å²) in [4.78, 5) is 27.0. The van der Waals surface area contributed by atoms with E-state index in [4.69, 9.17) is 34.8 Å². The Morgan fingerprint density at radius 2 is 1.83 bits per heavy atom. The molecule has 3 heterocycles. The second kappa shape index (κ2) is 8.23. The summed E-state index contributed by atoms with van der Waals surface area (Å²) in [7, 11) is 0. The van der Waals surface area contributed by atoms with Crippen LogP contribution in [0.1, 0.15) is 28.4 Å². The second-order valence-electron chi connectivity index (χ2n) is 7.58. The van der Waals surface area contributed by atoms with Crippen molar-refractivity contribution in [3.8, 4) is 0 Å². The maximum atomic E-state index is 12.8. The maximum Gasteiger partial charge on any atom is 0.252 e. The van der Waals surface area contributed by atoms with Gasteiger partial charge in [0.2, 0.25) is 3.79 Å². The molecule has 154 valence electrons. The van der Waals surface area contributed by atoms with Gasteiger partial charge < -0.3 is 9.88 Å². The van der Waals surface area contributed by atoms with Crippen LogP contribution in [0.5, 0.6) is 0 Å². The number of benzene rings is 1. The molecular formula is C20H19BrCl3N3O2. The molecule has 2 bridgehead atoms. The van der Waals surface area contributed by atoms with Crippen LogP contribution in [0, 0.1) is 5.92 Å². The van der Waals surface area contributed by atoms with Gasteiger partial charge in [0.15, 0.2) is 0 Å². The quantitative estimate of drug-likeness (QED) is 0.620. The van der Waals surface area contributed by atoms with Gasteiger partial charge in [-0.3, -0.25) is 14.5 Å². The number of halogens is 4. The van der Waals surface area contributed by atoms with Crippen molar-refractivity contribution >= 4 is 56.6 Å². The fourth-order valence-corrected chi connectivity index (χ4v) is 5.18. The first kappa shape index (κ1) is 21.2. The number of piperidine rings is 1. The van der Waals surface area contributed by atoms with E-state index < -0.39 is 9.96 Å². The highest BCUT2D eigenvalue weighted by Gasteiger charge is 2.44. The average molecular weight is 520 g/mol. The lowest BCUT2D eigenvalue weighted by Crippen LogP contribution is -2.60. The van der Waals surface area contributed by atoms with Gasteiger partial charge in [-0.05, 0) is 42.7 Å². The van der Waals surface area contributed by atoms with Crippen LogP contribution >= 0.6 is 50.7 Å². The minimum atomic E-state index is -1.70. The Kier molecular flexibility index (Phi) is 6.02. The number of pyridine rings is 1. The lowest BCUT2D eigenvalue weighted by Gasteiger charge is -2.47. The van der Waals surface area contributed by atoms with Crippen molar-refractivity contribution in [2.45, 2.75) is 28.8 Å². The summed E-state index contributed by atoms with van der Waals surface area (Å²) in [6, 6.07) is 12.4. The third-order valence-corrected chi connectivity index (χ3v) is 6.71. The van der Waals surface area contributed by atoms with E-state index in [-0.39, 0.29) is 23.3 Å². The molecule has 5 nitrogen and oxygen atoms in total. The number of hydrogen-bond donors (Lipinski definition) is 1. The lowest BCUT2D eigenvalue weighted by molar-refractivity contribution is 0.0586. The number of carbonyl (C=O) groups excluding carboxylic acids is 1. The predicted molar refractivity (Wildman–Crippen MR) is 119 cm³/mol. The summed E-state index contributed by atoms with van der Waals surface area (Å²) < 4.78 is 1.03.